The largest absolute Gasteiger partial charge is 0.497 e. The number of aromatic amines is 1. The van der Waals surface area contributed by atoms with Crippen LogP contribution >= 0.6 is 0 Å². The summed E-state index contributed by atoms with van der Waals surface area (Å²) >= 11 is 0. The maximum Gasteiger partial charge on any atom is 0.244 e. The third-order valence-corrected chi connectivity index (χ3v) is 5.88. The van der Waals surface area contributed by atoms with Crippen LogP contribution in [0.1, 0.15) is 22.6 Å². The van der Waals surface area contributed by atoms with E-state index in [9.17, 15) is 9.65 Å². The molecule has 0 amide bonds. The van der Waals surface area contributed by atoms with Gasteiger partial charge in [-0.25, -0.2) is 4.39 Å². The summed E-state index contributed by atoms with van der Waals surface area (Å²) in [5, 5.41) is 17.2. The third-order valence-electron chi connectivity index (χ3n) is 5.88. The van der Waals surface area contributed by atoms with Crippen molar-refractivity contribution in [1.29, 1.82) is 5.26 Å². The molecular weight excluding hydrogens is 447 g/mol. The average Bonchev–Trinajstić information content (AvgIpc) is 3.31. The normalized spacial score (nSPS) is 14.6. The quantitative estimate of drug-likeness (QED) is 0.412. The minimum atomic E-state index is -0.500. The lowest BCUT2D eigenvalue weighted by atomic mass is 9.83. The van der Waals surface area contributed by atoms with E-state index in [1.54, 1.807) is 37.4 Å². The van der Waals surface area contributed by atoms with Crippen molar-refractivity contribution in [2.75, 3.05) is 7.11 Å². The van der Waals surface area contributed by atoms with Crippen LogP contribution in [0.15, 0.2) is 84.3 Å². The SMILES string of the molecule is COc1ccc(-c2[nH]nc3c2[C@@H](c2ccc(OCc4ccccc4F)cc2)C(C#N)=C(N)O3)cc1. The van der Waals surface area contributed by atoms with Crippen LogP contribution in [0.4, 0.5) is 4.39 Å². The molecule has 4 aromatic rings. The molecular formula is C27H21FN4O3. The summed E-state index contributed by atoms with van der Waals surface area (Å²) in [7, 11) is 1.60. The fraction of sp³-hybridized carbons (Fsp3) is 0.111. The summed E-state index contributed by atoms with van der Waals surface area (Å²) < 4.78 is 30.6. The van der Waals surface area contributed by atoms with Gasteiger partial charge in [-0.05, 0) is 48.0 Å². The molecule has 3 aromatic carbocycles. The number of hydrogen-bond acceptors (Lipinski definition) is 6. The molecule has 0 fully saturated rings. The molecule has 0 spiro atoms. The molecule has 1 aromatic heterocycles. The lowest BCUT2D eigenvalue weighted by molar-refractivity contribution is 0.300. The molecule has 1 atom stereocenters. The van der Waals surface area contributed by atoms with Gasteiger partial charge in [0, 0.05) is 11.1 Å². The fourth-order valence-corrected chi connectivity index (χ4v) is 4.09. The maximum absolute atomic E-state index is 13.9. The van der Waals surface area contributed by atoms with E-state index < -0.39 is 5.92 Å². The molecule has 35 heavy (non-hydrogen) atoms. The van der Waals surface area contributed by atoms with Gasteiger partial charge in [-0.3, -0.25) is 5.10 Å². The van der Waals surface area contributed by atoms with Crippen LogP contribution in [0.25, 0.3) is 11.3 Å². The number of benzene rings is 3. The fourth-order valence-electron chi connectivity index (χ4n) is 4.09. The zero-order chi connectivity index (χ0) is 24.4. The number of fused-ring (bicyclic) bond motifs is 1. The Morgan fingerprint density at radius 1 is 1.06 bits per heavy atom. The number of nitrogens with one attached hydrogen (secondary N) is 1. The first kappa shape index (κ1) is 22.0. The van der Waals surface area contributed by atoms with Crippen molar-refractivity contribution in [3.63, 3.8) is 0 Å². The molecule has 0 aliphatic carbocycles. The monoisotopic (exact) mass is 468 g/mol. The Bertz CT molecular complexity index is 1440. The van der Waals surface area contributed by atoms with Gasteiger partial charge in [0.1, 0.15) is 35.6 Å². The van der Waals surface area contributed by atoms with Gasteiger partial charge in [0.2, 0.25) is 11.8 Å². The van der Waals surface area contributed by atoms with Crippen LogP contribution < -0.4 is 19.9 Å². The molecule has 0 saturated carbocycles. The zero-order valence-electron chi connectivity index (χ0n) is 18.8. The molecule has 2 heterocycles. The molecule has 5 rings (SSSR count). The Kier molecular flexibility index (Phi) is 5.81. The Hall–Kier alpha value is -4.77. The van der Waals surface area contributed by atoms with E-state index in [1.165, 1.54) is 6.07 Å². The van der Waals surface area contributed by atoms with Crippen molar-refractivity contribution in [3.05, 3.63) is 107 Å². The number of nitrogens with two attached hydrogens (primary N) is 1. The van der Waals surface area contributed by atoms with Crippen molar-refractivity contribution in [3.8, 4) is 34.7 Å². The number of allylic oxidation sites excluding steroid dienone is 1. The molecule has 1 aliphatic heterocycles. The van der Waals surface area contributed by atoms with Gasteiger partial charge in [-0.15, -0.1) is 5.10 Å². The number of H-pyrrole nitrogens is 1. The number of rotatable bonds is 6. The number of hydrogen-bond donors (Lipinski definition) is 2. The summed E-state index contributed by atoms with van der Waals surface area (Å²) in [6.07, 6.45) is 0. The number of nitriles is 1. The minimum Gasteiger partial charge on any atom is -0.497 e. The van der Waals surface area contributed by atoms with Gasteiger partial charge in [0.15, 0.2) is 0 Å². The Morgan fingerprint density at radius 3 is 2.46 bits per heavy atom. The molecule has 0 saturated heterocycles. The molecule has 8 heteroatoms. The highest BCUT2D eigenvalue weighted by Crippen LogP contribution is 2.46. The Balaban J connectivity index is 1.48. The highest BCUT2D eigenvalue weighted by Gasteiger charge is 2.35. The van der Waals surface area contributed by atoms with Crippen molar-refractivity contribution >= 4 is 0 Å². The summed E-state index contributed by atoms with van der Waals surface area (Å²) in [5.74, 6) is 0.810. The maximum atomic E-state index is 13.9. The second kappa shape index (κ2) is 9.23. The lowest BCUT2D eigenvalue weighted by Gasteiger charge is -2.24. The molecule has 0 unspecified atom stereocenters. The van der Waals surface area contributed by atoms with Crippen LogP contribution in [-0.4, -0.2) is 17.3 Å². The molecule has 7 nitrogen and oxygen atoms in total. The van der Waals surface area contributed by atoms with Gasteiger partial charge in [0.25, 0.3) is 0 Å². The zero-order valence-corrected chi connectivity index (χ0v) is 18.8. The number of methoxy groups -OCH3 is 1. The second-order valence-corrected chi connectivity index (χ2v) is 7.92. The summed E-state index contributed by atoms with van der Waals surface area (Å²) in [6.45, 7) is 0.104. The van der Waals surface area contributed by atoms with Gasteiger partial charge >= 0.3 is 0 Å². The summed E-state index contributed by atoms with van der Waals surface area (Å²) in [6, 6.07) is 23.4. The Morgan fingerprint density at radius 2 is 1.77 bits per heavy atom. The van der Waals surface area contributed by atoms with E-state index in [-0.39, 0.29) is 23.9 Å². The van der Waals surface area contributed by atoms with E-state index in [1.807, 2.05) is 36.4 Å². The predicted octanol–water partition coefficient (Wildman–Crippen LogP) is 5.02. The van der Waals surface area contributed by atoms with Crippen LogP contribution in [0, 0.1) is 17.1 Å². The minimum absolute atomic E-state index is 0.0117. The topological polar surface area (TPSA) is 106 Å². The number of ether oxygens (including phenoxy) is 3. The first-order valence-electron chi connectivity index (χ1n) is 10.9. The van der Waals surface area contributed by atoms with Crippen molar-refractivity contribution in [1.82, 2.24) is 10.2 Å². The van der Waals surface area contributed by atoms with Crippen LogP contribution in [0.5, 0.6) is 17.4 Å². The number of aromatic nitrogens is 2. The van der Waals surface area contributed by atoms with Crippen LogP contribution in [0.3, 0.4) is 0 Å². The summed E-state index contributed by atoms with van der Waals surface area (Å²) in [5.41, 5.74) is 9.92. The first-order chi connectivity index (χ1) is 17.1. The van der Waals surface area contributed by atoms with Crippen LogP contribution in [0.2, 0.25) is 0 Å². The van der Waals surface area contributed by atoms with E-state index in [2.05, 4.69) is 16.3 Å². The van der Waals surface area contributed by atoms with Crippen molar-refractivity contribution < 1.29 is 18.6 Å². The van der Waals surface area contributed by atoms with Crippen LogP contribution in [-0.2, 0) is 6.61 Å². The van der Waals surface area contributed by atoms with E-state index in [4.69, 9.17) is 19.9 Å². The lowest BCUT2D eigenvalue weighted by Crippen LogP contribution is -2.21. The standard InChI is InChI=1S/C27H21FN4O3/c1-33-19-10-8-17(9-11-19)25-24-23(21(14-29)26(30)35-27(24)32-31-25)16-6-12-20(13-7-16)34-15-18-4-2-3-5-22(18)28/h2-13,23H,15,30H2,1H3,(H,31,32)/t23-/m0/s1. The highest BCUT2D eigenvalue weighted by molar-refractivity contribution is 5.71. The van der Waals surface area contributed by atoms with Gasteiger partial charge < -0.3 is 19.9 Å². The van der Waals surface area contributed by atoms with E-state index in [0.717, 1.165) is 16.9 Å². The number of halogens is 1. The number of nitrogens with zero attached hydrogens (tertiary/aromatic N) is 2. The van der Waals surface area contributed by atoms with Crippen molar-refractivity contribution in [2.45, 2.75) is 12.5 Å². The third kappa shape index (κ3) is 4.15. The van der Waals surface area contributed by atoms with E-state index >= 15 is 0 Å². The average molecular weight is 468 g/mol. The molecule has 0 radical (unpaired) electrons. The highest BCUT2D eigenvalue weighted by atomic mass is 19.1. The van der Waals surface area contributed by atoms with Gasteiger partial charge in [-0.1, -0.05) is 30.3 Å². The summed E-state index contributed by atoms with van der Waals surface area (Å²) in [4.78, 5) is 0. The Labute approximate surface area is 201 Å². The molecule has 0 bridgehead atoms. The van der Waals surface area contributed by atoms with Gasteiger partial charge in [-0.2, -0.15) is 5.26 Å². The second-order valence-electron chi connectivity index (χ2n) is 7.92. The van der Waals surface area contributed by atoms with Gasteiger partial charge in [0.05, 0.1) is 24.3 Å². The molecule has 3 N–H and O–H groups in total. The van der Waals surface area contributed by atoms with Crippen molar-refractivity contribution in [2.24, 2.45) is 5.73 Å². The first-order valence-corrected chi connectivity index (χ1v) is 10.9. The van der Waals surface area contributed by atoms with E-state index in [0.29, 0.717) is 28.5 Å². The molecule has 1 aliphatic rings. The smallest absolute Gasteiger partial charge is 0.244 e. The predicted molar refractivity (Wildman–Crippen MR) is 127 cm³/mol. The molecule has 174 valence electrons.